The Morgan fingerprint density at radius 3 is 2.76 bits per heavy atom. The second-order valence-corrected chi connectivity index (χ2v) is 6.11. The van der Waals surface area contributed by atoms with Crippen molar-refractivity contribution in [2.75, 3.05) is 20.2 Å². The minimum atomic E-state index is 0.464. The Bertz CT molecular complexity index is 652. The van der Waals surface area contributed by atoms with Crippen LogP contribution in [0, 0.1) is 0 Å². The van der Waals surface area contributed by atoms with Gasteiger partial charge in [0, 0.05) is 18.5 Å². The summed E-state index contributed by atoms with van der Waals surface area (Å²) in [6.07, 6.45) is 2.63. The molecule has 2 aromatic rings. The third kappa shape index (κ3) is 2.14. The van der Waals surface area contributed by atoms with Gasteiger partial charge in [0.2, 0.25) is 0 Å². The molecule has 2 heteroatoms. The summed E-state index contributed by atoms with van der Waals surface area (Å²) >= 11 is 0. The van der Waals surface area contributed by atoms with Gasteiger partial charge in [0.05, 0.1) is 7.11 Å². The summed E-state index contributed by atoms with van der Waals surface area (Å²) in [7, 11) is 1.74. The molecule has 2 aromatic carbocycles. The Morgan fingerprint density at radius 1 is 1.05 bits per heavy atom. The minimum Gasteiger partial charge on any atom is -0.497 e. The zero-order chi connectivity index (χ0) is 14.2. The summed E-state index contributed by atoms with van der Waals surface area (Å²) in [5, 5.41) is 0. The van der Waals surface area contributed by atoms with Crippen molar-refractivity contribution in [2.24, 2.45) is 0 Å². The largest absolute Gasteiger partial charge is 0.497 e. The van der Waals surface area contributed by atoms with Crippen LogP contribution >= 0.6 is 0 Å². The van der Waals surface area contributed by atoms with Gasteiger partial charge >= 0.3 is 0 Å². The lowest BCUT2D eigenvalue weighted by Gasteiger charge is -2.37. The molecule has 1 fully saturated rings. The van der Waals surface area contributed by atoms with E-state index in [1.165, 1.54) is 36.1 Å². The predicted octanol–water partition coefficient (Wildman–Crippen LogP) is 3.98. The molecule has 0 aromatic heterocycles. The number of fused-ring (bicyclic) bond motifs is 3. The average Bonchev–Trinajstić information content (AvgIpc) is 3.03. The Labute approximate surface area is 126 Å². The van der Waals surface area contributed by atoms with Crippen LogP contribution in [0.15, 0.2) is 48.5 Å². The van der Waals surface area contributed by atoms with Crippen molar-refractivity contribution in [1.29, 1.82) is 0 Å². The standard InChI is InChI=1S/C19H21NO/c1-21-15-7-4-6-14(12-15)18-13-20-11-5-10-19(20)17-9-3-2-8-16(17)18/h2-4,6-9,12,18-19H,5,10-11,13H2,1H3/t18-,19-/m0/s1. The van der Waals surface area contributed by atoms with Crippen molar-refractivity contribution < 1.29 is 4.74 Å². The fourth-order valence-electron chi connectivity index (χ4n) is 4.00. The monoisotopic (exact) mass is 279 g/mol. The molecule has 0 unspecified atom stereocenters. The molecule has 0 saturated carbocycles. The molecule has 0 radical (unpaired) electrons. The maximum Gasteiger partial charge on any atom is 0.119 e. The van der Waals surface area contributed by atoms with Crippen LogP contribution in [0.5, 0.6) is 5.75 Å². The second-order valence-electron chi connectivity index (χ2n) is 6.11. The number of benzene rings is 2. The van der Waals surface area contributed by atoms with Crippen LogP contribution in [-0.2, 0) is 0 Å². The van der Waals surface area contributed by atoms with Crippen molar-refractivity contribution in [1.82, 2.24) is 4.90 Å². The van der Waals surface area contributed by atoms with Gasteiger partial charge in [-0.2, -0.15) is 0 Å². The van der Waals surface area contributed by atoms with E-state index in [0.717, 1.165) is 12.3 Å². The van der Waals surface area contributed by atoms with Crippen LogP contribution in [0.3, 0.4) is 0 Å². The van der Waals surface area contributed by atoms with E-state index in [1.54, 1.807) is 7.11 Å². The van der Waals surface area contributed by atoms with Gasteiger partial charge in [0.15, 0.2) is 0 Å². The van der Waals surface area contributed by atoms with Crippen LogP contribution < -0.4 is 4.74 Å². The first-order valence-corrected chi connectivity index (χ1v) is 7.83. The molecular formula is C19H21NO. The zero-order valence-corrected chi connectivity index (χ0v) is 12.5. The van der Waals surface area contributed by atoms with E-state index in [2.05, 4.69) is 47.4 Å². The first kappa shape index (κ1) is 12.9. The molecule has 21 heavy (non-hydrogen) atoms. The summed E-state index contributed by atoms with van der Waals surface area (Å²) < 4.78 is 5.41. The van der Waals surface area contributed by atoms with E-state index in [1.807, 2.05) is 6.07 Å². The van der Waals surface area contributed by atoms with Gasteiger partial charge in [-0.15, -0.1) is 0 Å². The highest BCUT2D eigenvalue weighted by Gasteiger charge is 2.36. The number of hydrogen-bond donors (Lipinski definition) is 0. The molecule has 4 rings (SSSR count). The van der Waals surface area contributed by atoms with Crippen LogP contribution in [0.1, 0.15) is 41.5 Å². The SMILES string of the molecule is COc1cccc([C@@H]2CN3CCC[C@H]3c3ccccc32)c1. The molecule has 0 bridgehead atoms. The number of nitrogens with zero attached hydrogens (tertiary/aromatic N) is 1. The Kier molecular flexibility index (Phi) is 3.19. The van der Waals surface area contributed by atoms with Crippen molar-refractivity contribution >= 4 is 0 Å². The first-order valence-electron chi connectivity index (χ1n) is 7.83. The van der Waals surface area contributed by atoms with Crippen molar-refractivity contribution in [2.45, 2.75) is 24.8 Å². The summed E-state index contributed by atoms with van der Waals surface area (Å²) in [5.74, 6) is 1.42. The van der Waals surface area contributed by atoms with E-state index >= 15 is 0 Å². The topological polar surface area (TPSA) is 12.5 Å². The van der Waals surface area contributed by atoms with E-state index in [9.17, 15) is 0 Å². The van der Waals surface area contributed by atoms with Gasteiger partial charge in [0.1, 0.15) is 5.75 Å². The van der Waals surface area contributed by atoms with Crippen molar-refractivity contribution in [3.63, 3.8) is 0 Å². The second kappa shape index (κ2) is 5.19. The van der Waals surface area contributed by atoms with Gasteiger partial charge < -0.3 is 4.74 Å². The summed E-state index contributed by atoms with van der Waals surface area (Å²) in [6, 6.07) is 18.2. The summed E-state index contributed by atoms with van der Waals surface area (Å²) in [6.45, 7) is 2.37. The molecule has 108 valence electrons. The Balaban J connectivity index is 1.80. The van der Waals surface area contributed by atoms with Gasteiger partial charge in [-0.3, -0.25) is 4.90 Å². The van der Waals surface area contributed by atoms with Gasteiger partial charge in [-0.05, 0) is 48.2 Å². The maximum atomic E-state index is 5.41. The Hall–Kier alpha value is -1.80. The lowest BCUT2D eigenvalue weighted by Crippen LogP contribution is -2.34. The van der Waals surface area contributed by atoms with Gasteiger partial charge in [-0.1, -0.05) is 36.4 Å². The number of methoxy groups -OCH3 is 1. The quantitative estimate of drug-likeness (QED) is 0.824. The molecule has 1 saturated heterocycles. The molecular weight excluding hydrogens is 258 g/mol. The van der Waals surface area contributed by atoms with Crippen LogP contribution in [0.4, 0.5) is 0 Å². The predicted molar refractivity (Wildman–Crippen MR) is 84.8 cm³/mol. The zero-order valence-electron chi connectivity index (χ0n) is 12.5. The molecule has 0 aliphatic carbocycles. The number of hydrogen-bond acceptors (Lipinski definition) is 2. The first-order chi connectivity index (χ1) is 10.4. The van der Waals surface area contributed by atoms with Crippen molar-refractivity contribution in [3.8, 4) is 5.75 Å². The smallest absolute Gasteiger partial charge is 0.119 e. The molecule has 0 spiro atoms. The maximum absolute atomic E-state index is 5.41. The van der Waals surface area contributed by atoms with Crippen LogP contribution in [0.25, 0.3) is 0 Å². The normalized spacial score (nSPS) is 24.4. The molecule has 2 aliphatic heterocycles. The molecule has 2 heterocycles. The van der Waals surface area contributed by atoms with E-state index in [4.69, 9.17) is 4.74 Å². The highest BCUT2D eigenvalue weighted by atomic mass is 16.5. The lowest BCUT2D eigenvalue weighted by atomic mass is 9.81. The molecule has 2 atom stereocenters. The highest BCUT2D eigenvalue weighted by Crippen LogP contribution is 2.44. The van der Waals surface area contributed by atoms with Crippen molar-refractivity contribution in [3.05, 3.63) is 65.2 Å². The third-order valence-electron chi connectivity index (χ3n) is 5.01. The number of ether oxygens (including phenoxy) is 1. The fourth-order valence-corrected chi connectivity index (χ4v) is 4.00. The number of rotatable bonds is 2. The van der Waals surface area contributed by atoms with E-state index < -0.39 is 0 Å². The molecule has 0 amide bonds. The van der Waals surface area contributed by atoms with Gasteiger partial charge in [-0.25, -0.2) is 0 Å². The average molecular weight is 279 g/mol. The van der Waals surface area contributed by atoms with E-state index in [-0.39, 0.29) is 0 Å². The van der Waals surface area contributed by atoms with Gasteiger partial charge in [0.25, 0.3) is 0 Å². The molecule has 0 N–H and O–H groups in total. The Morgan fingerprint density at radius 2 is 1.90 bits per heavy atom. The highest BCUT2D eigenvalue weighted by molar-refractivity contribution is 5.44. The third-order valence-corrected chi connectivity index (χ3v) is 5.01. The van der Waals surface area contributed by atoms with Crippen LogP contribution in [0.2, 0.25) is 0 Å². The molecule has 2 aliphatic rings. The summed E-state index contributed by atoms with van der Waals surface area (Å²) in [4.78, 5) is 2.66. The minimum absolute atomic E-state index is 0.464. The fraction of sp³-hybridized carbons (Fsp3) is 0.368. The summed E-state index contributed by atoms with van der Waals surface area (Å²) in [5.41, 5.74) is 4.41. The van der Waals surface area contributed by atoms with Crippen LogP contribution in [-0.4, -0.2) is 25.1 Å². The lowest BCUT2D eigenvalue weighted by molar-refractivity contribution is 0.230. The van der Waals surface area contributed by atoms with E-state index in [0.29, 0.717) is 12.0 Å². The molecule has 2 nitrogen and oxygen atoms in total.